The van der Waals surface area contributed by atoms with Gasteiger partial charge >= 0.3 is 12.1 Å². The molecule has 1 aliphatic heterocycles. The van der Waals surface area contributed by atoms with Crippen molar-refractivity contribution in [2.24, 2.45) is 0 Å². The molecule has 3 rings (SSSR count). The Hall–Kier alpha value is -3.27. The lowest BCUT2D eigenvalue weighted by molar-refractivity contribution is 0.0885. The standard InChI is InChI=1S/C20H23F2N5O3/c1-13-3-4-16(11-23-13)24-19(28)25-17-10-15(21)9-14(18(17)22)12-26-5-7-27(8-6-26)20(29)30-2/h3-4,9-11H,5-8,12H2,1-2H3,(H2,24,25,28). The van der Waals surface area contributed by atoms with E-state index in [9.17, 15) is 18.4 Å². The van der Waals surface area contributed by atoms with Crippen molar-refractivity contribution in [2.45, 2.75) is 13.5 Å². The minimum atomic E-state index is -0.706. The molecule has 1 aromatic heterocycles. The van der Waals surface area contributed by atoms with Gasteiger partial charge in [-0.15, -0.1) is 0 Å². The molecule has 3 amide bonds. The molecule has 0 bridgehead atoms. The van der Waals surface area contributed by atoms with Crippen LogP contribution in [0.3, 0.4) is 0 Å². The smallest absolute Gasteiger partial charge is 0.409 e. The van der Waals surface area contributed by atoms with Crippen molar-refractivity contribution in [3.05, 3.63) is 53.4 Å². The summed E-state index contributed by atoms with van der Waals surface area (Å²) in [6, 6.07) is 4.71. The van der Waals surface area contributed by atoms with Gasteiger partial charge in [0.2, 0.25) is 0 Å². The number of methoxy groups -OCH3 is 1. The van der Waals surface area contributed by atoms with Crippen molar-refractivity contribution in [1.29, 1.82) is 0 Å². The van der Waals surface area contributed by atoms with Gasteiger partial charge in [0.25, 0.3) is 0 Å². The van der Waals surface area contributed by atoms with Crippen LogP contribution in [0.4, 0.5) is 29.7 Å². The number of urea groups is 1. The summed E-state index contributed by atoms with van der Waals surface area (Å²) in [7, 11) is 1.32. The molecule has 1 fully saturated rings. The molecule has 10 heteroatoms. The Morgan fingerprint density at radius 3 is 2.50 bits per heavy atom. The lowest BCUT2D eigenvalue weighted by atomic mass is 10.1. The maximum atomic E-state index is 14.9. The van der Waals surface area contributed by atoms with E-state index < -0.39 is 23.8 Å². The van der Waals surface area contributed by atoms with Gasteiger partial charge in [0.15, 0.2) is 5.82 Å². The third-order valence-corrected chi connectivity index (χ3v) is 4.73. The van der Waals surface area contributed by atoms with Crippen LogP contribution >= 0.6 is 0 Å². The molecule has 0 atom stereocenters. The third-order valence-electron chi connectivity index (χ3n) is 4.73. The molecule has 2 heterocycles. The summed E-state index contributed by atoms with van der Waals surface area (Å²) >= 11 is 0. The summed E-state index contributed by atoms with van der Waals surface area (Å²) in [6.45, 7) is 3.81. The minimum Gasteiger partial charge on any atom is -0.453 e. The summed E-state index contributed by atoms with van der Waals surface area (Å²) in [5.41, 5.74) is 1.08. The number of nitrogens with one attached hydrogen (secondary N) is 2. The lowest BCUT2D eigenvalue weighted by Crippen LogP contribution is -2.48. The predicted molar refractivity (Wildman–Crippen MR) is 107 cm³/mol. The van der Waals surface area contributed by atoms with E-state index in [1.807, 2.05) is 11.8 Å². The van der Waals surface area contributed by atoms with Gasteiger partial charge in [0.05, 0.1) is 24.7 Å². The molecule has 0 radical (unpaired) electrons. The summed E-state index contributed by atoms with van der Waals surface area (Å²) in [5.74, 6) is -1.36. The SMILES string of the molecule is COC(=O)N1CCN(Cc2cc(F)cc(NC(=O)Nc3ccc(C)nc3)c2F)CC1. The van der Waals surface area contributed by atoms with Gasteiger partial charge < -0.3 is 20.3 Å². The highest BCUT2D eigenvalue weighted by Crippen LogP contribution is 2.23. The van der Waals surface area contributed by atoms with Gasteiger partial charge in [-0.1, -0.05) is 0 Å². The summed E-state index contributed by atoms with van der Waals surface area (Å²) < 4.78 is 33.6. The van der Waals surface area contributed by atoms with Gasteiger partial charge in [-0.2, -0.15) is 0 Å². The van der Waals surface area contributed by atoms with Crippen molar-refractivity contribution < 1.29 is 23.1 Å². The fourth-order valence-corrected chi connectivity index (χ4v) is 3.14. The number of carbonyl (C=O) groups is 2. The number of hydrogen-bond acceptors (Lipinski definition) is 5. The van der Waals surface area contributed by atoms with Crippen LogP contribution < -0.4 is 10.6 Å². The van der Waals surface area contributed by atoms with E-state index >= 15 is 0 Å². The normalized spacial score (nSPS) is 14.3. The molecule has 2 aromatic rings. The van der Waals surface area contributed by atoms with Gasteiger partial charge in [-0.25, -0.2) is 18.4 Å². The van der Waals surface area contributed by atoms with E-state index in [4.69, 9.17) is 0 Å². The maximum Gasteiger partial charge on any atom is 0.409 e. The molecule has 0 unspecified atom stereocenters. The maximum absolute atomic E-state index is 14.9. The number of aromatic nitrogens is 1. The number of amides is 3. The van der Waals surface area contributed by atoms with E-state index in [-0.39, 0.29) is 17.8 Å². The average Bonchev–Trinajstić information content (AvgIpc) is 2.73. The molecule has 1 aromatic carbocycles. The Labute approximate surface area is 172 Å². The van der Waals surface area contributed by atoms with Crippen molar-refractivity contribution in [3.63, 3.8) is 0 Å². The molecule has 0 aliphatic carbocycles. The topological polar surface area (TPSA) is 86.8 Å². The molecule has 1 saturated heterocycles. The summed E-state index contributed by atoms with van der Waals surface area (Å²) in [6.07, 6.45) is 1.06. The number of halogens is 2. The number of aryl methyl sites for hydroxylation is 1. The van der Waals surface area contributed by atoms with Crippen LogP contribution in [0.15, 0.2) is 30.5 Å². The van der Waals surface area contributed by atoms with Crippen LogP contribution in [0.1, 0.15) is 11.3 Å². The first kappa shape index (κ1) is 21.4. The number of anilines is 2. The largest absolute Gasteiger partial charge is 0.453 e. The van der Waals surface area contributed by atoms with E-state index in [0.717, 1.165) is 17.8 Å². The molecular weight excluding hydrogens is 396 g/mol. The van der Waals surface area contributed by atoms with Crippen LogP contribution in [0.25, 0.3) is 0 Å². The minimum absolute atomic E-state index is 0.119. The second kappa shape index (κ2) is 9.49. The molecular formula is C20H23F2N5O3. The van der Waals surface area contributed by atoms with Crippen LogP contribution in [0, 0.1) is 18.6 Å². The Morgan fingerprint density at radius 2 is 1.87 bits per heavy atom. The fraction of sp³-hybridized carbons (Fsp3) is 0.350. The number of piperazine rings is 1. The highest BCUT2D eigenvalue weighted by molar-refractivity contribution is 5.99. The number of hydrogen-bond donors (Lipinski definition) is 2. The lowest BCUT2D eigenvalue weighted by Gasteiger charge is -2.33. The van der Waals surface area contributed by atoms with Crippen LogP contribution in [-0.4, -0.2) is 60.2 Å². The van der Waals surface area contributed by atoms with Crippen LogP contribution in [0.2, 0.25) is 0 Å². The molecule has 8 nitrogen and oxygen atoms in total. The molecule has 0 spiro atoms. The molecule has 0 saturated carbocycles. The monoisotopic (exact) mass is 419 g/mol. The zero-order valence-corrected chi connectivity index (χ0v) is 16.7. The van der Waals surface area contributed by atoms with Crippen LogP contribution in [0.5, 0.6) is 0 Å². The Bertz CT molecular complexity index is 915. The Kier molecular flexibility index (Phi) is 6.78. The van der Waals surface area contributed by atoms with Crippen LogP contribution in [-0.2, 0) is 11.3 Å². The van der Waals surface area contributed by atoms with Crippen molar-refractivity contribution in [1.82, 2.24) is 14.8 Å². The van der Waals surface area contributed by atoms with Crippen molar-refractivity contribution in [2.75, 3.05) is 43.9 Å². The number of nitrogens with zero attached hydrogens (tertiary/aromatic N) is 3. The summed E-state index contributed by atoms with van der Waals surface area (Å²) in [4.78, 5) is 31.2. The molecule has 1 aliphatic rings. The molecule has 30 heavy (non-hydrogen) atoms. The van der Waals surface area contributed by atoms with Gasteiger partial charge in [0, 0.05) is 50.0 Å². The van der Waals surface area contributed by atoms with Crippen molar-refractivity contribution in [3.8, 4) is 0 Å². The van der Waals surface area contributed by atoms with E-state index in [1.54, 1.807) is 17.0 Å². The zero-order chi connectivity index (χ0) is 21.7. The highest BCUT2D eigenvalue weighted by atomic mass is 19.1. The number of pyridine rings is 1. The number of ether oxygens (including phenoxy) is 1. The van der Waals surface area contributed by atoms with Gasteiger partial charge in [-0.3, -0.25) is 9.88 Å². The first-order valence-electron chi connectivity index (χ1n) is 9.39. The Balaban J connectivity index is 1.64. The van der Waals surface area contributed by atoms with E-state index in [0.29, 0.717) is 31.9 Å². The predicted octanol–water partition coefficient (Wildman–Crippen LogP) is 3.20. The van der Waals surface area contributed by atoms with Gasteiger partial charge in [0.1, 0.15) is 5.82 Å². The van der Waals surface area contributed by atoms with E-state index in [2.05, 4.69) is 20.4 Å². The molecule has 2 N–H and O–H groups in total. The third kappa shape index (κ3) is 5.41. The zero-order valence-electron chi connectivity index (χ0n) is 16.7. The first-order valence-corrected chi connectivity index (χ1v) is 9.39. The quantitative estimate of drug-likeness (QED) is 0.795. The second-order valence-electron chi connectivity index (χ2n) is 6.93. The number of benzene rings is 1. The van der Waals surface area contributed by atoms with Gasteiger partial charge in [-0.05, 0) is 25.1 Å². The second-order valence-corrected chi connectivity index (χ2v) is 6.93. The average molecular weight is 419 g/mol. The number of carbonyl (C=O) groups excluding carboxylic acids is 2. The fourth-order valence-electron chi connectivity index (χ4n) is 3.14. The van der Waals surface area contributed by atoms with E-state index in [1.165, 1.54) is 13.3 Å². The Morgan fingerprint density at radius 1 is 1.13 bits per heavy atom. The summed E-state index contributed by atoms with van der Waals surface area (Å²) in [5, 5.41) is 4.87. The number of rotatable bonds is 4. The first-order chi connectivity index (χ1) is 14.4. The highest BCUT2D eigenvalue weighted by Gasteiger charge is 2.23. The molecule has 160 valence electrons. The van der Waals surface area contributed by atoms with Crippen molar-refractivity contribution >= 4 is 23.5 Å².